The summed E-state index contributed by atoms with van der Waals surface area (Å²) in [7, 11) is 0. The van der Waals surface area contributed by atoms with E-state index in [0.29, 0.717) is 5.92 Å². The third-order valence-electron chi connectivity index (χ3n) is 6.19. The summed E-state index contributed by atoms with van der Waals surface area (Å²) >= 11 is 4.46. The second-order valence-electron chi connectivity index (χ2n) is 8.33. The molecule has 0 N–H and O–H groups in total. The highest BCUT2D eigenvalue weighted by Gasteiger charge is 2.23. The molecule has 1 nitrogen and oxygen atoms in total. The minimum Gasteiger partial charge on any atom is -0.205 e. The molecule has 4 heteroatoms. The van der Waals surface area contributed by atoms with Crippen molar-refractivity contribution in [3.05, 3.63) is 64.7 Å². The predicted molar refractivity (Wildman–Crippen MR) is 122 cm³/mol. The molecule has 0 bridgehead atoms. The summed E-state index contributed by atoms with van der Waals surface area (Å²) in [6.45, 7) is 4.62. The maximum Gasteiger partial charge on any atom is 0.143 e. The molecule has 0 radical (unpaired) electrons. The molecule has 1 atom stereocenters. The van der Waals surface area contributed by atoms with E-state index in [-0.39, 0.29) is 11.3 Å². The van der Waals surface area contributed by atoms with Gasteiger partial charge in [0.1, 0.15) is 11.6 Å². The second kappa shape index (κ2) is 10.6. The van der Waals surface area contributed by atoms with Crippen LogP contribution in [0, 0.1) is 35.3 Å². The van der Waals surface area contributed by atoms with Crippen LogP contribution < -0.4 is 0 Å². The summed E-state index contributed by atoms with van der Waals surface area (Å²) in [4.78, 5) is 3.60. The van der Waals surface area contributed by atoms with E-state index < -0.39 is 11.6 Å². The monoisotopic (exact) mass is 423 g/mol. The smallest absolute Gasteiger partial charge is 0.143 e. The maximum absolute atomic E-state index is 14.1. The van der Waals surface area contributed by atoms with E-state index in [4.69, 9.17) is 0 Å². The Hall–Kier alpha value is -2.34. The average Bonchev–Trinajstić information content (AvgIpc) is 2.74. The maximum atomic E-state index is 14.1. The largest absolute Gasteiger partial charge is 0.205 e. The zero-order valence-corrected chi connectivity index (χ0v) is 18.4. The molecular formula is C26H27F2NS. The standard InChI is InChI=1S/C26H27F2NS/c1-3-18(2)14-20-6-11-22(12-7-20)21-9-4-19(5-10-21)8-13-24-25(27)15-23(29-17-30)16-26(24)28/h4-5,9-10,15-16,18,20,22H,3,6-7,11-12,14H2,1-2H3. The Labute approximate surface area is 183 Å². The van der Waals surface area contributed by atoms with Gasteiger partial charge in [0.2, 0.25) is 0 Å². The quantitative estimate of drug-likeness (QED) is 0.271. The van der Waals surface area contributed by atoms with Crippen molar-refractivity contribution in [2.45, 2.75) is 58.3 Å². The summed E-state index contributed by atoms with van der Waals surface area (Å²) in [5.41, 5.74) is 1.90. The Bertz CT molecular complexity index is 949. The van der Waals surface area contributed by atoms with E-state index >= 15 is 0 Å². The molecule has 1 unspecified atom stereocenters. The molecular weight excluding hydrogens is 396 g/mol. The Morgan fingerprint density at radius 1 is 1.03 bits per heavy atom. The molecule has 1 fully saturated rings. The third kappa shape index (κ3) is 5.85. The first-order valence-electron chi connectivity index (χ1n) is 10.7. The second-order valence-corrected chi connectivity index (χ2v) is 8.51. The van der Waals surface area contributed by atoms with Gasteiger partial charge in [-0.05, 0) is 79.8 Å². The van der Waals surface area contributed by atoms with E-state index in [0.717, 1.165) is 29.5 Å². The van der Waals surface area contributed by atoms with E-state index in [1.54, 1.807) is 0 Å². The molecule has 0 spiro atoms. The number of rotatable bonds is 5. The van der Waals surface area contributed by atoms with Crippen LogP contribution in [0.25, 0.3) is 0 Å². The Morgan fingerprint density at radius 3 is 2.23 bits per heavy atom. The lowest BCUT2D eigenvalue weighted by Gasteiger charge is -2.30. The fourth-order valence-electron chi connectivity index (χ4n) is 4.24. The van der Waals surface area contributed by atoms with Gasteiger partial charge in [-0.15, -0.1) is 0 Å². The van der Waals surface area contributed by atoms with Crippen molar-refractivity contribution in [3.8, 4) is 11.8 Å². The summed E-state index contributed by atoms with van der Waals surface area (Å²) in [5.74, 6) is 6.26. The van der Waals surface area contributed by atoms with Crippen LogP contribution in [0.4, 0.5) is 14.5 Å². The van der Waals surface area contributed by atoms with Crippen LogP contribution >= 0.6 is 12.2 Å². The third-order valence-corrected chi connectivity index (χ3v) is 6.29. The molecule has 1 aliphatic rings. The highest BCUT2D eigenvalue weighted by molar-refractivity contribution is 7.78. The summed E-state index contributed by atoms with van der Waals surface area (Å²) in [5, 5.41) is 2.10. The number of halogens is 2. The summed E-state index contributed by atoms with van der Waals surface area (Å²) in [6.07, 6.45) is 7.69. The van der Waals surface area contributed by atoms with Gasteiger partial charge in [-0.1, -0.05) is 44.2 Å². The molecule has 30 heavy (non-hydrogen) atoms. The number of isothiocyanates is 1. The average molecular weight is 424 g/mol. The van der Waals surface area contributed by atoms with Crippen molar-refractivity contribution in [1.29, 1.82) is 0 Å². The zero-order valence-electron chi connectivity index (χ0n) is 17.6. The van der Waals surface area contributed by atoms with Gasteiger partial charge in [0.25, 0.3) is 0 Å². The topological polar surface area (TPSA) is 12.4 Å². The Balaban J connectivity index is 1.65. The zero-order chi connectivity index (χ0) is 21.5. The van der Waals surface area contributed by atoms with Gasteiger partial charge >= 0.3 is 0 Å². The molecule has 0 heterocycles. The molecule has 1 aliphatic carbocycles. The van der Waals surface area contributed by atoms with Crippen LogP contribution in [0.1, 0.15) is 75.0 Å². The first-order valence-corrected chi connectivity index (χ1v) is 11.1. The van der Waals surface area contributed by atoms with Crippen molar-refractivity contribution in [2.75, 3.05) is 0 Å². The van der Waals surface area contributed by atoms with Crippen molar-refractivity contribution >= 4 is 23.1 Å². The van der Waals surface area contributed by atoms with Gasteiger partial charge < -0.3 is 0 Å². The van der Waals surface area contributed by atoms with Gasteiger partial charge in [-0.2, -0.15) is 4.99 Å². The van der Waals surface area contributed by atoms with E-state index in [1.807, 2.05) is 12.1 Å². The van der Waals surface area contributed by atoms with E-state index in [1.165, 1.54) is 44.1 Å². The van der Waals surface area contributed by atoms with Crippen molar-refractivity contribution in [3.63, 3.8) is 0 Å². The van der Waals surface area contributed by atoms with E-state index in [9.17, 15) is 8.78 Å². The number of hydrogen-bond acceptors (Lipinski definition) is 2. The van der Waals surface area contributed by atoms with Gasteiger partial charge in [-0.3, -0.25) is 0 Å². The molecule has 0 amide bonds. The Kier molecular flexibility index (Phi) is 7.91. The molecule has 0 aliphatic heterocycles. The van der Waals surface area contributed by atoms with Gasteiger partial charge in [0, 0.05) is 17.7 Å². The van der Waals surface area contributed by atoms with Gasteiger partial charge in [-0.25, -0.2) is 8.78 Å². The molecule has 156 valence electrons. The molecule has 1 saturated carbocycles. The predicted octanol–water partition coefficient (Wildman–Crippen LogP) is 7.81. The summed E-state index contributed by atoms with van der Waals surface area (Å²) < 4.78 is 28.2. The minimum atomic E-state index is -0.753. The lowest BCUT2D eigenvalue weighted by molar-refractivity contribution is 0.273. The SMILES string of the molecule is CCC(C)CC1CCC(c2ccc(C#Cc3c(F)cc(N=C=S)cc3F)cc2)CC1. The molecule has 3 rings (SSSR count). The molecule has 0 aromatic heterocycles. The van der Waals surface area contributed by atoms with E-state index in [2.05, 4.69) is 60.2 Å². The highest BCUT2D eigenvalue weighted by Crippen LogP contribution is 2.38. The lowest BCUT2D eigenvalue weighted by atomic mass is 9.75. The number of thiocarbonyl (C=S) groups is 1. The minimum absolute atomic E-state index is 0.0915. The van der Waals surface area contributed by atoms with Crippen LogP contribution in [0.15, 0.2) is 41.4 Å². The number of hydrogen-bond donors (Lipinski definition) is 0. The normalized spacial score (nSPS) is 19.3. The van der Waals surface area contributed by atoms with Crippen molar-refractivity contribution in [1.82, 2.24) is 0 Å². The van der Waals surface area contributed by atoms with Gasteiger partial charge in [0.15, 0.2) is 0 Å². The van der Waals surface area contributed by atoms with Crippen LogP contribution in [0.3, 0.4) is 0 Å². The summed E-state index contributed by atoms with van der Waals surface area (Å²) in [6, 6.07) is 10.3. The molecule has 0 saturated heterocycles. The lowest BCUT2D eigenvalue weighted by Crippen LogP contribution is -2.15. The van der Waals surface area contributed by atoms with Crippen molar-refractivity contribution < 1.29 is 8.78 Å². The number of benzene rings is 2. The molecule has 2 aromatic rings. The molecule has 2 aromatic carbocycles. The van der Waals surface area contributed by atoms with Crippen molar-refractivity contribution in [2.24, 2.45) is 16.8 Å². The first-order chi connectivity index (χ1) is 14.5. The number of nitrogens with zero attached hydrogens (tertiary/aromatic N) is 1. The van der Waals surface area contributed by atoms with Crippen LogP contribution in [-0.4, -0.2) is 5.16 Å². The Morgan fingerprint density at radius 2 is 1.67 bits per heavy atom. The number of aliphatic imine (C=N–C) groups is 1. The fraction of sp³-hybridized carbons (Fsp3) is 0.423. The van der Waals surface area contributed by atoms with Crippen LogP contribution in [0.5, 0.6) is 0 Å². The fourth-order valence-corrected chi connectivity index (χ4v) is 4.34. The van der Waals surface area contributed by atoms with Crippen LogP contribution in [0.2, 0.25) is 0 Å². The highest BCUT2D eigenvalue weighted by atomic mass is 32.1. The first kappa shape index (κ1) is 22.3. The van der Waals surface area contributed by atoms with Gasteiger partial charge in [0.05, 0.1) is 16.4 Å². The van der Waals surface area contributed by atoms with Crippen LogP contribution in [-0.2, 0) is 0 Å².